The Morgan fingerprint density at radius 1 is 1.13 bits per heavy atom. The summed E-state index contributed by atoms with van der Waals surface area (Å²) in [4.78, 5) is 0.288. The maximum atomic E-state index is 12.7. The van der Waals surface area contributed by atoms with Crippen molar-refractivity contribution in [1.82, 2.24) is 14.5 Å². The Morgan fingerprint density at radius 2 is 1.94 bits per heavy atom. The topological polar surface area (TPSA) is 73.2 Å². The Balaban J connectivity index is 1.37. The number of aryl methyl sites for hydroxylation is 1. The van der Waals surface area contributed by atoms with Crippen molar-refractivity contribution in [2.75, 3.05) is 6.54 Å². The van der Waals surface area contributed by atoms with E-state index in [1.807, 2.05) is 36.5 Å². The highest BCUT2D eigenvalue weighted by molar-refractivity contribution is 7.93. The van der Waals surface area contributed by atoms with E-state index in [1.165, 1.54) is 12.1 Å². The molecule has 4 rings (SSSR count). The summed E-state index contributed by atoms with van der Waals surface area (Å²) in [6.45, 7) is -2.62. The van der Waals surface area contributed by atoms with Gasteiger partial charge in [0.2, 0.25) is 10.0 Å². The molecule has 0 fully saturated rings. The van der Waals surface area contributed by atoms with E-state index >= 15 is 0 Å². The number of aromatic nitrogens is 2. The lowest BCUT2D eigenvalue weighted by Crippen LogP contribution is -2.28. The third kappa shape index (κ3) is 5.18. The quantitative estimate of drug-likeness (QED) is 0.570. The second kappa shape index (κ2) is 8.99. The molecule has 0 spiro atoms. The highest BCUT2D eigenvalue weighted by Gasteiger charge is 2.22. The van der Waals surface area contributed by atoms with E-state index < -0.39 is 16.6 Å². The van der Waals surface area contributed by atoms with Crippen molar-refractivity contribution in [2.45, 2.75) is 25.9 Å². The molecular weight excluding hydrogens is 424 g/mol. The average Bonchev–Trinajstić information content (AvgIpc) is 3.28. The molecule has 0 aliphatic heterocycles. The van der Waals surface area contributed by atoms with Crippen LogP contribution in [0.3, 0.4) is 0 Å². The van der Waals surface area contributed by atoms with Gasteiger partial charge in [-0.15, -0.1) is 0 Å². The number of nitrogens with one attached hydrogen (secondary N) is 1. The van der Waals surface area contributed by atoms with Gasteiger partial charge in [-0.05, 0) is 72.4 Å². The van der Waals surface area contributed by atoms with E-state index in [2.05, 4.69) is 14.6 Å². The number of hydrogen-bond donors (Lipinski definition) is 1. The maximum absolute atomic E-state index is 12.7. The number of nitrogens with zero attached hydrogens (tertiary/aromatic N) is 2. The first-order valence-corrected chi connectivity index (χ1v) is 11.3. The van der Waals surface area contributed by atoms with Crippen LogP contribution >= 0.6 is 0 Å². The fourth-order valence-corrected chi connectivity index (χ4v) is 4.70. The zero-order valence-corrected chi connectivity index (χ0v) is 17.4. The number of benzene rings is 2. The molecule has 1 N–H and O–H groups in total. The van der Waals surface area contributed by atoms with Gasteiger partial charge in [0.25, 0.3) is 0 Å². The summed E-state index contributed by atoms with van der Waals surface area (Å²) in [6, 6.07) is 14.1. The molecule has 1 aliphatic carbocycles. The fraction of sp³-hybridized carbons (Fsp3) is 0.227. The van der Waals surface area contributed by atoms with Gasteiger partial charge in [0.15, 0.2) is 0 Å². The van der Waals surface area contributed by atoms with Crippen LogP contribution in [0.1, 0.15) is 23.1 Å². The summed E-state index contributed by atoms with van der Waals surface area (Å²) in [5, 5.41) is 4.17. The molecule has 162 valence electrons. The number of allylic oxidation sites excluding steroid dienone is 1. The molecule has 0 radical (unpaired) electrons. The number of sulfonamides is 1. The highest BCUT2D eigenvalue weighted by Crippen LogP contribution is 2.30. The second-order valence-corrected chi connectivity index (χ2v) is 8.93. The third-order valence-electron chi connectivity index (χ3n) is 5.05. The molecule has 0 unspecified atom stereocenters. The van der Waals surface area contributed by atoms with Gasteiger partial charge >= 0.3 is 6.61 Å². The van der Waals surface area contributed by atoms with Crippen molar-refractivity contribution in [3.8, 4) is 11.4 Å². The zero-order chi connectivity index (χ0) is 21.8. The van der Waals surface area contributed by atoms with Gasteiger partial charge < -0.3 is 4.74 Å². The fourth-order valence-electron chi connectivity index (χ4n) is 3.49. The van der Waals surface area contributed by atoms with Crippen LogP contribution < -0.4 is 9.46 Å². The van der Waals surface area contributed by atoms with Crippen LogP contribution in [0.15, 0.2) is 65.8 Å². The molecule has 0 saturated carbocycles. The predicted octanol–water partition coefficient (Wildman–Crippen LogP) is 3.92. The Morgan fingerprint density at radius 3 is 2.65 bits per heavy atom. The SMILES string of the molecule is O=S(=O)(NCCc1ccc(-n2cccn2)cc1)C1=Cc2ccc(OC(F)F)cc2CC1. The summed E-state index contributed by atoms with van der Waals surface area (Å²) in [5.41, 5.74) is 3.42. The monoisotopic (exact) mass is 445 g/mol. The lowest BCUT2D eigenvalue weighted by molar-refractivity contribution is -0.0498. The van der Waals surface area contributed by atoms with Gasteiger partial charge in [-0.1, -0.05) is 18.2 Å². The standard InChI is InChI=1S/C22H21F2N3O3S/c23-22(24)30-20-8-4-18-15-21(9-5-17(18)14-20)31(28,29)26-12-10-16-2-6-19(7-3-16)27-13-1-11-25-27/h1-4,6-8,11,13-15,22,26H,5,9-10,12H2. The molecule has 0 bridgehead atoms. The number of ether oxygens (including phenoxy) is 1. The molecule has 0 atom stereocenters. The number of alkyl halides is 2. The predicted molar refractivity (Wildman–Crippen MR) is 114 cm³/mol. The van der Waals surface area contributed by atoms with Crippen molar-refractivity contribution in [1.29, 1.82) is 0 Å². The van der Waals surface area contributed by atoms with Crippen LogP contribution in [0.4, 0.5) is 8.78 Å². The molecule has 31 heavy (non-hydrogen) atoms. The van der Waals surface area contributed by atoms with Gasteiger partial charge in [0.1, 0.15) is 5.75 Å². The Hall–Kier alpha value is -3.04. The number of hydrogen-bond acceptors (Lipinski definition) is 4. The first-order valence-electron chi connectivity index (χ1n) is 9.78. The summed E-state index contributed by atoms with van der Waals surface area (Å²) >= 11 is 0. The Labute approximate surface area is 179 Å². The van der Waals surface area contributed by atoms with Crippen LogP contribution in [-0.2, 0) is 22.9 Å². The van der Waals surface area contributed by atoms with E-state index in [0.29, 0.717) is 24.8 Å². The van der Waals surface area contributed by atoms with Gasteiger partial charge in [-0.2, -0.15) is 13.9 Å². The molecule has 0 saturated heterocycles. The van der Waals surface area contributed by atoms with Crippen molar-refractivity contribution in [3.05, 3.63) is 82.5 Å². The molecule has 2 aromatic carbocycles. The minimum atomic E-state index is -3.62. The number of fused-ring (bicyclic) bond motifs is 1. The first-order chi connectivity index (χ1) is 14.9. The summed E-state index contributed by atoms with van der Waals surface area (Å²) in [5.74, 6) is 0.0742. The van der Waals surface area contributed by atoms with E-state index in [1.54, 1.807) is 23.0 Å². The zero-order valence-electron chi connectivity index (χ0n) is 16.5. The molecule has 3 aromatic rings. The van der Waals surface area contributed by atoms with E-state index in [-0.39, 0.29) is 17.2 Å². The van der Waals surface area contributed by atoms with Crippen LogP contribution in [0.2, 0.25) is 0 Å². The second-order valence-electron chi connectivity index (χ2n) is 7.11. The number of rotatable bonds is 8. The van der Waals surface area contributed by atoms with E-state index in [0.717, 1.165) is 16.8 Å². The van der Waals surface area contributed by atoms with Crippen molar-refractivity contribution in [2.24, 2.45) is 0 Å². The highest BCUT2D eigenvalue weighted by atomic mass is 32.2. The van der Waals surface area contributed by atoms with Gasteiger partial charge in [0, 0.05) is 18.9 Å². The van der Waals surface area contributed by atoms with Crippen molar-refractivity contribution >= 4 is 16.1 Å². The summed E-state index contributed by atoms with van der Waals surface area (Å²) in [6.07, 6.45) is 6.45. The third-order valence-corrected chi connectivity index (χ3v) is 6.65. The molecule has 9 heteroatoms. The minimum Gasteiger partial charge on any atom is -0.435 e. The van der Waals surface area contributed by atoms with Crippen molar-refractivity contribution < 1.29 is 21.9 Å². The maximum Gasteiger partial charge on any atom is 0.387 e. The molecule has 1 heterocycles. The molecule has 1 aromatic heterocycles. The first kappa shape index (κ1) is 21.2. The van der Waals surface area contributed by atoms with Gasteiger partial charge in [-0.25, -0.2) is 17.8 Å². The van der Waals surface area contributed by atoms with Crippen LogP contribution in [-0.4, -0.2) is 31.4 Å². The largest absolute Gasteiger partial charge is 0.435 e. The lowest BCUT2D eigenvalue weighted by atomic mass is 9.97. The van der Waals surface area contributed by atoms with Crippen LogP contribution in [0.5, 0.6) is 5.75 Å². The normalized spacial score (nSPS) is 13.7. The Bertz CT molecular complexity index is 1180. The van der Waals surface area contributed by atoms with E-state index in [4.69, 9.17) is 0 Å². The summed E-state index contributed by atoms with van der Waals surface area (Å²) < 4.78 is 58.9. The summed E-state index contributed by atoms with van der Waals surface area (Å²) in [7, 11) is -3.62. The average molecular weight is 445 g/mol. The van der Waals surface area contributed by atoms with Crippen LogP contribution in [0, 0.1) is 0 Å². The molecule has 6 nitrogen and oxygen atoms in total. The molecular formula is C22H21F2N3O3S. The Kier molecular flexibility index (Phi) is 6.15. The lowest BCUT2D eigenvalue weighted by Gasteiger charge is -2.18. The molecule has 0 amide bonds. The minimum absolute atomic E-state index is 0.0742. The van der Waals surface area contributed by atoms with E-state index in [9.17, 15) is 17.2 Å². The van der Waals surface area contributed by atoms with Crippen molar-refractivity contribution in [3.63, 3.8) is 0 Å². The van der Waals surface area contributed by atoms with Gasteiger partial charge in [0.05, 0.1) is 10.6 Å². The number of halogens is 2. The smallest absolute Gasteiger partial charge is 0.387 e. The molecule has 1 aliphatic rings. The van der Waals surface area contributed by atoms with Gasteiger partial charge in [-0.3, -0.25) is 0 Å². The van der Waals surface area contributed by atoms with Crippen LogP contribution in [0.25, 0.3) is 11.8 Å².